The highest BCUT2D eigenvalue weighted by Crippen LogP contribution is 2.04. The van der Waals surface area contributed by atoms with Gasteiger partial charge < -0.3 is 0 Å². The van der Waals surface area contributed by atoms with Crippen molar-refractivity contribution in [2.75, 3.05) is 6.54 Å². The van der Waals surface area contributed by atoms with Crippen molar-refractivity contribution in [2.24, 2.45) is 0 Å². The molecule has 12 heavy (non-hydrogen) atoms. The van der Waals surface area contributed by atoms with Crippen LogP contribution in [-0.4, -0.2) is 23.3 Å². The van der Waals surface area contributed by atoms with Gasteiger partial charge in [0.2, 0.25) is 0 Å². The van der Waals surface area contributed by atoms with Crippen molar-refractivity contribution in [3.05, 3.63) is 12.2 Å². The van der Waals surface area contributed by atoms with Crippen LogP contribution in [0.4, 0.5) is 0 Å². The number of terminal acetylenes is 1. The molecular weight excluding hydrogens is 154 g/mol. The maximum absolute atomic E-state index is 10.9. The van der Waals surface area contributed by atoms with Gasteiger partial charge >= 0.3 is 0 Å². The normalized spacial score (nSPS) is 15.4. The molecule has 1 rings (SSSR count). The third kappa shape index (κ3) is 1.73. The van der Waals surface area contributed by atoms with E-state index in [4.69, 9.17) is 6.42 Å². The fourth-order valence-corrected chi connectivity index (χ4v) is 0.991. The second kappa shape index (κ2) is 3.72. The number of hydrogen-bond donors (Lipinski definition) is 0. The van der Waals surface area contributed by atoms with Crippen molar-refractivity contribution in [3.63, 3.8) is 0 Å². The first-order chi connectivity index (χ1) is 5.75. The van der Waals surface area contributed by atoms with Crippen molar-refractivity contribution in [3.8, 4) is 12.3 Å². The molecule has 1 heterocycles. The monoisotopic (exact) mass is 163 g/mol. The molecule has 3 heteroatoms. The van der Waals surface area contributed by atoms with Gasteiger partial charge in [-0.2, -0.15) is 0 Å². The van der Waals surface area contributed by atoms with Gasteiger partial charge in [-0.1, -0.05) is 0 Å². The highest BCUT2D eigenvalue weighted by molar-refractivity contribution is 6.12. The lowest BCUT2D eigenvalue weighted by Gasteiger charge is -2.11. The fraction of sp³-hybridized carbons (Fsp3) is 0.333. The van der Waals surface area contributed by atoms with E-state index in [0.717, 1.165) is 0 Å². The lowest BCUT2D eigenvalue weighted by atomic mass is 10.3. The Morgan fingerprint density at radius 1 is 1.33 bits per heavy atom. The topological polar surface area (TPSA) is 37.4 Å². The number of hydrogen-bond acceptors (Lipinski definition) is 2. The van der Waals surface area contributed by atoms with Crippen molar-refractivity contribution in [1.82, 2.24) is 4.90 Å². The summed E-state index contributed by atoms with van der Waals surface area (Å²) in [4.78, 5) is 23.1. The number of carbonyl (C=O) groups is 2. The first-order valence-corrected chi connectivity index (χ1v) is 3.72. The second-order valence-electron chi connectivity index (χ2n) is 2.47. The Labute approximate surface area is 71.0 Å². The predicted octanol–water partition coefficient (Wildman–Crippen LogP) is 0.325. The van der Waals surface area contributed by atoms with Gasteiger partial charge in [-0.25, -0.2) is 0 Å². The van der Waals surface area contributed by atoms with Gasteiger partial charge in [0.25, 0.3) is 11.8 Å². The molecule has 0 fully saturated rings. The molecule has 0 atom stereocenters. The van der Waals surface area contributed by atoms with E-state index in [2.05, 4.69) is 5.92 Å². The van der Waals surface area contributed by atoms with Gasteiger partial charge in [0, 0.05) is 25.1 Å². The summed E-state index contributed by atoms with van der Waals surface area (Å²) in [5, 5.41) is 0. The second-order valence-corrected chi connectivity index (χ2v) is 2.47. The molecule has 0 N–H and O–H groups in total. The molecule has 0 radical (unpaired) electrons. The molecule has 62 valence electrons. The number of nitrogens with zero attached hydrogens (tertiary/aromatic N) is 1. The SMILES string of the molecule is C#CCCCN1C(=O)C=CC1=O. The predicted molar refractivity (Wildman–Crippen MR) is 43.9 cm³/mol. The van der Waals surface area contributed by atoms with E-state index < -0.39 is 0 Å². The summed E-state index contributed by atoms with van der Waals surface area (Å²) < 4.78 is 0. The minimum atomic E-state index is -0.239. The molecule has 0 aromatic carbocycles. The molecule has 0 spiro atoms. The van der Waals surface area contributed by atoms with Crippen LogP contribution in [0.3, 0.4) is 0 Å². The van der Waals surface area contributed by atoms with Gasteiger partial charge in [-0.15, -0.1) is 12.3 Å². The molecule has 1 aliphatic heterocycles. The Kier molecular flexibility index (Phi) is 2.65. The summed E-state index contributed by atoms with van der Waals surface area (Å²) in [7, 11) is 0. The third-order valence-corrected chi connectivity index (χ3v) is 1.60. The average Bonchev–Trinajstić information content (AvgIpc) is 2.35. The van der Waals surface area contributed by atoms with Crippen LogP contribution in [0.2, 0.25) is 0 Å². The van der Waals surface area contributed by atoms with Crippen LogP contribution in [0.1, 0.15) is 12.8 Å². The van der Waals surface area contributed by atoms with E-state index in [0.29, 0.717) is 19.4 Å². The smallest absolute Gasteiger partial charge is 0.253 e. The minimum Gasteiger partial charge on any atom is -0.275 e. The van der Waals surface area contributed by atoms with E-state index in [1.165, 1.54) is 17.1 Å². The van der Waals surface area contributed by atoms with E-state index >= 15 is 0 Å². The van der Waals surface area contributed by atoms with Crippen molar-refractivity contribution >= 4 is 11.8 Å². The molecule has 1 aliphatic rings. The maximum atomic E-state index is 10.9. The van der Waals surface area contributed by atoms with Crippen LogP contribution < -0.4 is 0 Å². The van der Waals surface area contributed by atoms with Crippen LogP contribution in [0.15, 0.2) is 12.2 Å². The summed E-state index contributed by atoms with van der Waals surface area (Å²) in [6, 6.07) is 0. The van der Waals surface area contributed by atoms with Crippen LogP contribution >= 0.6 is 0 Å². The number of amides is 2. The van der Waals surface area contributed by atoms with Crippen LogP contribution in [-0.2, 0) is 9.59 Å². The zero-order valence-electron chi connectivity index (χ0n) is 6.62. The quantitative estimate of drug-likeness (QED) is 0.341. The molecule has 0 bridgehead atoms. The number of carbonyl (C=O) groups excluding carboxylic acids is 2. The summed E-state index contributed by atoms with van der Waals surface area (Å²) >= 11 is 0. The van der Waals surface area contributed by atoms with E-state index in [9.17, 15) is 9.59 Å². The number of imide groups is 1. The van der Waals surface area contributed by atoms with Gasteiger partial charge in [-0.05, 0) is 6.42 Å². The minimum absolute atomic E-state index is 0.239. The van der Waals surface area contributed by atoms with Crippen LogP contribution in [0.5, 0.6) is 0 Å². The first-order valence-electron chi connectivity index (χ1n) is 3.72. The molecule has 0 saturated heterocycles. The molecular formula is C9H9NO2. The molecule has 3 nitrogen and oxygen atoms in total. The summed E-state index contributed by atoms with van der Waals surface area (Å²) in [6.45, 7) is 0.425. The fourth-order valence-electron chi connectivity index (χ4n) is 0.991. The Bertz CT molecular complexity index is 255. The van der Waals surface area contributed by atoms with Crippen LogP contribution in [0, 0.1) is 12.3 Å². The zero-order chi connectivity index (χ0) is 8.97. The van der Waals surface area contributed by atoms with E-state index in [1.807, 2.05) is 0 Å². The van der Waals surface area contributed by atoms with E-state index in [-0.39, 0.29) is 11.8 Å². The number of unbranched alkanes of at least 4 members (excludes halogenated alkanes) is 1. The summed E-state index contributed by atoms with van der Waals surface area (Å²) in [5.74, 6) is 1.97. The van der Waals surface area contributed by atoms with Crippen LogP contribution in [0.25, 0.3) is 0 Å². The average molecular weight is 163 g/mol. The standard InChI is InChI=1S/C9H9NO2/c1-2-3-4-7-10-8(11)5-6-9(10)12/h1,5-6H,3-4,7H2. The van der Waals surface area contributed by atoms with Gasteiger partial charge in [0.15, 0.2) is 0 Å². The van der Waals surface area contributed by atoms with Crippen molar-refractivity contribution < 1.29 is 9.59 Å². The first kappa shape index (κ1) is 8.54. The Morgan fingerprint density at radius 2 is 1.92 bits per heavy atom. The Balaban J connectivity index is 2.39. The molecule has 0 aliphatic carbocycles. The van der Waals surface area contributed by atoms with Gasteiger partial charge in [0.05, 0.1) is 0 Å². The largest absolute Gasteiger partial charge is 0.275 e. The molecule has 0 saturated carbocycles. The lowest BCUT2D eigenvalue weighted by molar-refractivity contribution is -0.136. The van der Waals surface area contributed by atoms with Gasteiger partial charge in [0.1, 0.15) is 0 Å². The summed E-state index contributed by atoms with van der Waals surface area (Å²) in [6.07, 6.45) is 8.85. The molecule has 2 amide bonds. The molecule has 0 aromatic rings. The Hall–Kier alpha value is -1.56. The summed E-state index contributed by atoms with van der Waals surface area (Å²) in [5.41, 5.74) is 0. The highest BCUT2D eigenvalue weighted by Gasteiger charge is 2.21. The van der Waals surface area contributed by atoms with E-state index in [1.54, 1.807) is 0 Å². The third-order valence-electron chi connectivity index (χ3n) is 1.60. The van der Waals surface area contributed by atoms with Crippen molar-refractivity contribution in [2.45, 2.75) is 12.8 Å². The lowest BCUT2D eigenvalue weighted by Crippen LogP contribution is -2.30. The van der Waals surface area contributed by atoms with Crippen molar-refractivity contribution in [1.29, 1.82) is 0 Å². The molecule has 0 unspecified atom stereocenters. The zero-order valence-corrected chi connectivity index (χ0v) is 6.62. The molecule has 0 aromatic heterocycles. The maximum Gasteiger partial charge on any atom is 0.253 e. The number of rotatable bonds is 3. The van der Waals surface area contributed by atoms with Gasteiger partial charge in [-0.3, -0.25) is 14.5 Å². The highest BCUT2D eigenvalue weighted by atomic mass is 16.2. The Morgan fingerprint density at radius 3 is 2.42 bits per heavy atom.